The fourth-order valence-corrected chi connectivity index (χ4v) is 2.55. The van der Waals surface area contributed by atoms with Crippen molar-refractivity contribution >= 4 is 5.91 Å². The maximum Gasteiger partial charge on any atom is 0.248 e. The summed E-state index contributed by atoms with van der Waals surface area (Å²) < 4.78 is 5.89. The van der Waals surface area contributed by atoms with Crippen LogP contribution in [0, 0.1) is 0 Å². The molecule has 19 heavy (non-hydrogen) atoms. The summed E-state index contributed by atoms with van der Waals surface area (Å²) in [6.45, 7) is 7.57. The van der Waals surface area contributed by atoms with E-state index in [1.807, 2.05) is 6.92 Å². The third kappa shape index (κ3) is 6.92. The molecule has 0 spiro atoms. The van der Waals surface area contributed by atoms with Gasteiger partial charge in [-0.3, -0.25) is 4.79 Å². The summed E-state index contributed by atoms with van der Waals surface area (Å²) in [5, 5.41) is 6.22. The predicted octanol–water partition coefficient (Wildman–Crippen LogP) is 2.23. The molecule has 0 heterocycles. The molecule has 1 unspecified atom stereocenters. The molecule has 1 rings (SSSR count). The van der Waals surface area contributed by atoms with Gasteiger partial charge in [0.25, 0.3) is 0 Å². The molecule has 0 radical (unpaired) electrons. The molecule has 0 bridgehead atoms. The number of ether oxygens (including phenoxy) is 1. The van der Waals surface area contributed by atoms with Crippen LogP contribution in [0.4, 0.5) is 0 Å². The number of carbonyl (C=O) groups excluding carboxylic acids is 1. The highest BCUT2D eigenvalue weighted by Crippen LogP contribution is 2.20. The third-order valence-electron chi connectivity index (χ3n) is 3.70. The molecule has 1 saturated carbocycles. The fourth-order valence-electron chi connectivity index (χ4n) is 2.55. The fraction of sp³-hybridized carbons (Fsp3) is 0.933. The Hall–Kier alpha value is -0.610. The number of carbonyl (C=O) groups is 1. The summed E-state index contributed by atoms with van der Waals surface area (Å²) >= 11 is 0. The Balaban J connectivity index is 2.23. The molecular weight excluding hydrogens is 240 g/mol. The first kappa shape index (κ1) is 16.4. The van der Waals surface area contributed by atoms with E-state index in [0.717, 1.165) is 19.4 Å². The van der Waals surface area contributed by atoms with Gasteiger partial charge in [0.05, 0.1) is 6.10 Å². The maximum absolute atomic E-state index is 11.9. The Labute approximate surface area is 117 Å². The van der Waals surface area contributed by atoms with Crippen LogP contribution in [0.15, 0.2) is 0 Å². The Morgan fingerprint density at radius 2 is 1.84 bits per heavy atom. The van der Waals surface area contributed by atoms with Crippen LogP contribution in [0.25, 0.3) is 0 Å². The minimum atomic E-state index is -0.336. The molecule has 0 aromatic carbocycles. The Morgan fingerprint density at radius 1 is 1.21 bits per heavy atom. The van der Waals surface area contributed by atoms with Crippen molar-refractivity contribution in [3.8, 4) is 0 Å². The van der Waals surface area contributed by atoms with Gasteiger partial charge in [-0.05, 0) is 33.2 Å². The first-order valence-corrected chi connectivity index (χ1v) is 7.80. The lowest BCUT2D eigenvalue weighted by atomic mass is 10.1. The van der Waals surface area contributed by atoms with E-state index >= 15 is 0 Å². The molecule has 4 nitrogen and oxygen atoms in total. The second-order valence-corrected chi connectivity index (χ2v) is 5.60. The first-order chi connectivity index (χ1) is 9.13. The molecule has 1 fully saturated rings. The van der Waals surface area contributed by atoms with Gasteiger partial charge >= 0.3 is 0 Å². The number of amides is 1. The number of nitrogens with one attached hydrogen (secondary N) is 2. The van der Waals surface area contributed by atoms with E-state index in [2.05, 4.69) is 24.5 Å². The van der Waals surface area contributed by atoms with Crippen LogP contribution in [-0.2, 0) is 9.53 Å². The van der Waals surface area contributed by atoms with Crippen molar-refractivity contribution in [3.63, 3.8) is 0 Å². The largest absolute Gasteiger partial charge is 0.365 e. The van der Waals surface area contributed by atoms with E-state index in [1.54, 1.807) is 0 Å². The van der Waals surface area contributed by atoms with Gasteiger partial charge in [-0.15, -0.1) is 0 Å². The standard InChI is InChI=1S/C15H30N2O2/c1-4-16-12(2)11-17-15(18)13(3)19-14-9-7-5-6-8-10-14/h12-14,16H,4-11H2,1-3H3,(H,17,18)/t12-,13?/m1/s1. The van der Waals surface area contributed by atoms with E-state index in [0.29, 0.717) is 12.6 Å². The average Bonchev–Trinajstić information content (AvgIpc) is 2.65. The molecule has 0 aliphatic heterocycles. The van der Waals surface area contributed by atoms with E-state index in [1.165, 1.54) is 25.7 Å². The van der Waals surface area contributed by atoms with Gasteiger partial charge in [-0.25, -0.2) is 0 Å². The summed E-state index contributed by atoms with van der Waals surface area (Å²) in [6, 6.07) is 0.305. The molecular formula is C15H30N2O2. The van der Waals surface area contributed by atoms with Gasteiger partial charge in [-0.2, -0.15) is 0 Å². The van der Waals surface area contributed by atoms with E-state index in [-0.39, 0.29) is 18.1 Å². The zero-order valence-corrected chi connectivity index (χ0v) is 12.7. The normalized spacial score (nSPS) is 20.6. The Kier molecular flexibility index (Phi) is 8.07. The minimum Gasteiger partial charge on any atom is -0.365 e. The van der Waals surface area contributed by atoms with Gasteiger partial charge in [0.1, 0.15) is 6.10 Å². The van der Waals surface area contributed by atoms with Crippen molar-refractivity contribution in [1.29, 1.82) is 0 Å². The van der Waals surface area contributed by atoms with Gasteiger partial charge in [0, 0.05) is 12.6 Å². The molecule has 2 N–H and O–H groups in total. The van der Waals surface area contributed by atoms with Crippen LogP contribution in [0.3, 0.4) is 0 Å². The van der Waals surface area contributed by atoms with Gasteiger partial charge in [0.15, 0.2) is 0 Å². The molecule has 2 atom stereocenters. The zero-order valence-electron chi connectivity index (χ0n) is 12.7. The molecule has 0 saturated heterocycles. The molecule has 1 aliphatic rings. The lowest BCUT2D eigenvalue weighted by molar-refractivity contribution is -0.135. The quantitative estimate of drug-likeness (QED) is 0.698. The summed E-state index contributed by atoms with van der Waals surface area (Å²) in [5.41, 5.74) is 0. The van der Waals surface area contributed by atoms with Crippen molar-refractivity contribution in [2.24, 2.45) is 0 Å². The van der Waals surface area contributed by atoms with Crippen molar-refractivity contribution in [1.82, 2.24) is 10.6 Å². The highest BCUT2D eigenvalue weighted by Gasteiger charge is 2.20. The van der Waals surface area contributed by atoms with Gasteiger partial charge in [-0.1, -0.05) is 32.6 Å². The smallest absolute Gasteiger partial charge is 0.248 e. The van der Waals surface area contributed by atoms with Crippen LogP contribution in [0.2, 0.25) is 0 Å². The SMILES string of the molecule is CCN[C@H](C)CNC(=O)C(C)OC1CCCCCC1. The van der Waals surface area contributed by atoms with Crippen LogP contribution < -0.4 is 10.6 Å². The van der Waals surface area contributed by atoms with Crippen LogP contribution in [-0.4, -0.2) is 37.2 Å². The molecule has 112 valence electrons. The van der Waals surface area contributed by atoms with Crippen molar-refractivity contribution in [3.05, 3.63) is 0 Å². The van der Waals surface area contributed by atoms with Crippen molar-refractivity contribution < 1.29 is 9.53 Å². The van der Waals surface area contributed by atoms with E-state index < -0.39 is 0 Å². The Morgan fingerprint density at radius 3 is 2.42 bits per heavy atom. The van der Waals surface area contributed by atoms with E-state index in [4.69, 9.17) is 4.74 Å². The lowest BCUT2D eigenvalue weighted by Crippen LogP contribution is -2.43. The topological polar surface area (TPSA) is 50.4 Å². The second-order valence-electron chi connectivity index (χ2n) is 5.60. The van der Waals surface area contributed by atoms with E-state index in [9.17, 15) is 4.79 Å². The van der Waals surface area contributed by atoms with Crippen LogP contribution in [0.5, 0.6) is 0 Å². The average molecular weight is 270 g/mol. The molecule has 0 aromatic heterocycles. The minimum absolute atomic E-state index is 0.00833. The third-order valence-corrected chi connectivity index (χ3v) is 3.70. The molecule has 1 aliphatic carbocycles. The summed E-state index contributed by atoms with van der Waals surface area (Å²) in [7, 11) is 0. The number of hydrogen-bond acceptors (Lipinski definition) is 3. The second kappa shape index (κ2) is 9.32. The number of likely N-dealkylation sites (N-methyl/N-ethyl adjacent to an activating group) is 1. The summed E-state index contributed by atoms with van der Waals surface area (Å²) in [4.78, 5) is 11.9. The van der Waals surface area contributed by atoms with Crippen LogP contribution >= 0.6 is 0 Å². The highest BCUT2D eigenvalue weighted by atomic mass is 16.5. The monoisotopic (exact) mass is 270 g/mol. The van der Waals surface area contributed by atoms with Crippen molar-refractivity contribution in [2.75, 3.05) is 13.1 Å². The lowest BCUT2D eigenvalue weighted by Gasteiger charge is -2.21. The summed E-state index contributed by atoms with van der Waals surface area (Å²) in [5.74, 6) is 0.00833. The zero-order chi connectivity index (χ0) is 14.1. The number of rotatable bonds is 7. The molecule has 1 amide bonds. The van der Waals surface area contributed by atoms with Crippen LogP contribution in [0.1, 0.15) is 59.3 Å². The maximum atomic E-state index is 11.9. The van der Waals surface area contributed by atoms with Gasteiger partial charge < -0.3 is 15.4 Å². The summed E-state index contributed by atoms with van der Waals surface area (Å²) in [6.07, 6.45) is 7.22. The molecule has 0 aromatic rings. The first-order valence-electron chi connectivity index (χ1n) is 7.80. The number of hydrogen-bond donors (Lipinski definition) is 2. The predicted molar refractivity (Wildman–Crippen MR) is 78.2 cm³/mol. The highest BCUT2D eigenvalue weighted by molar-refractivity contribution is 5.80. The van der Waals surface area contributed by atoms with Crippen molar-refractivity contribution in [2.45, 2.75) is 77.5 Å². The molecule has 4 heteroatoms. The van der Waals surface area contributed by atoms with Gasteiger partial charge in [0.2, 0.25) is 5.91 Å². The Bertz CT molecular complexity index is 251.